The third kappa shape index (κ3) is 3.05. The van der Waals surface area contributed by atoms with Crippen molar-refractivity contribution in [3.8, 4) is 0 Å². The Hall–Kier alpha value is -2.24. The van der Waals surface area contributed by atoms with Crippen molar-refractivity contribution < 1.29 is 0 Å². The van der Waals surface area contributed by atoms with E-state index in [4.69, 9.17) is 0 Å². The van der Waals surface area contributed by atoms with Gasteiger partial charge in [0.1, 0.15) is 12.1 Å². The van der Waals surface area contributed by atoms with Crippen LogP contribution < -0.4 is 9.80 Å². The van der Waals surface area contributed by atoms with Crippen molar-refractivity contribution in [2.75, 3.05) is 36.0 Å². The Morgan fingerprint density at radius 3 is 2.26 bits per heavy atom. The third-order valence-corrected chi connectivity index (χ3v) is 6.36. The van der Waals surface area contributed by atoms with E-state index < -0.39 is 0 Å². The van der Waals surface area contributed by atoms with Crippen LogP contribution in [0.3, 0.4) is 0 Å². The Morgan fingerprint density at radius 1 is 0.852 bits per heavy atom. The molecule has 5 rings (SSSR count). The molecule has 2 atom stereocenters. The molecule has 0 bridgehead atoms. The maximum atomic E-state index is 4.56. The van der Waals surface area contributed by atoms with E-state index in [-0.39, 0.29) is 5.41 Å². The van der Waals surface area contributed by atoms with Crippen LogP contribution in [0.5, 0.6) is 0 Å². The summed E-state index contributed by atoms with van der Waals surface area (Å²) in [5, 5.41) is 8.99. The third-order valence-electron chi connectivity index (χ3n) is 6.36. The number of anilines is 2. The van der Waals surface area contributed by atoms with Crippen LogP contribution in [0, 0.1) is 11.8 Å². The number of aryl methyl sites for hydroxylation is 2. The molecule has 1 aliphatic carbocycles. The van der Waals surface area contributed by atoms with Crippen LogP contribution in [0.25, 0.3) is 0 Å². The first-order valence-electron chi connectivity index (χ1n) is 10.2. The first-order chi connectivity index (χ1) is 13.0. The summed E-state index contributed by atoms with van der Waals surface area (Å²) >= 11 is 0. The van der Waals surface area contributed by atoms with Gasteiger partial charge >= 0.3 is 0 Å². The highest BCUT2D eigenvalue weighted by Crippen LogP contribution is 2.36. The highest BCUT2D eigenvalue weighted by molar-refractivity contribution is 5.47. The zero-order chi connectivity index (χ0) is 18.6. The fourth-order valence-electron chi connectivity index (χ4n) is 4.77. The van der Waals surface area contributed by atoms with E-state index >= 15 is 0 Å². The monoisotopic (exact) mass is 364 g/mol. The topological polar surface area (TPSA) is 58.0 Å². The van der Waals surface area contributed by atoms with E-state index in [1.165, 1.54) is 17.7 Å². The van der Waals surface area contributed by atoms with Crippen LogP contribution in [0.4, 0.5) is 11.6 Å². The average Bonchev–Trinajstić information content (AvgIpc) is 3.34. The normalized spacial score (nSPS) is 24.4. The first-order valence-corrected chi connectivity index (χ1v) is 10.2. The molecule has 2 unspecified atom stereocenters. The molecule has 2 aromatic rings. The summed E-state index contributed by atoms with van der Waals surface area (Å²) in [6.45, 7) is 10.9. The highest BCUT2D eigenvalue weighted by Gasteiger charge is 2.41. The minimum atomic E-state index is 0.0519. The van der Waals surface area contributed by atoms with E-state index in [9.17, 15) is 0 Å². The predicted molar refractivity (Wildman–Crippen MR) is 106 cm³/mol. The van der Waals surface area contributed by atoms with Crippen molar-refractivity contribution in [2.45, 2.75) is 45.4 Å². The number of aromatic nitrogens is 4. The molecule has 2 aromatic heterocycles. The largest absolute Gasteiger partial charge is 0.356 e. The molecule has 0 N–H and O–H groups in total. The summed E-state index contributed by atoms with van der Waals surface area (Å²) < 4.78 is 0. The molecule has 4 heterocycles. The molecule has 2 fully saturated rings. The predicted octanol–water partition coefficient (Wildman–Crippen LogP) is 2.63. The quantitative estimate of drug-likeness (QED) is 0.816. The molecule has 0 radical (unpaired) electrons. The maximum Gasteiger partial charge on any atom is 0.151 e. The zero-order valence-corrected chi connectivity index (χ0v) is 16.5. The van der Waals surface area contributed by atoms with E-state index in [0.717, 1.165) is 56.4 Å². The van der Waals surface area contributed by atoms with Crippen molar-refractivity contribution in [3.05, 3.63) is 35.4 Å². The molecular formula is C21H28N6. The van der Waals surface area contributed by atoms with Gasteiger partial charge in [0.25, 0.3) is 0 Å². The Kier molecular flexibility index (Phi) is 3.85. The fourth-order valence-corrected chi connectivity index (χ4v) is 4.77. The molecule has 6 nitrogen and oxygen atoms in total. The molecule has 3 aliphatic rings. The number of rotatable bonds is 2. The van der Waals surface area contributed by atoms with Crippen molar-refractivity contribution in [2.24, 2.45) is 11.8 Å². The van der Waals surface area contributed by atoms with Crippen molar-refractivity contribution in [3.63, 3.8) is 0 Å². The summed E-state index contributed by atoms with van der Waals surface area (Å²) in [6.07, 6.45) is 5.20. The minimum Gasteiger partial charge on any atom is -0.356 e. The van der Waals surface area contributed by atoms with Crippen LogP contribution in [-0.4, -0.2) is 46.3 Å². The molecule has 6 heteroatoms. The van der Waals surface area contributed by atoms with Gasteiger partial charge in [-0.1, -0.05) is 20.8 Å². The summed E-state index contributed by atoms with van der Waals surface area (Å²) in [5.41, 5.74) is 3.78. The second-order valence-corrected chi connectivity index (χ2v) is 9.37. The summed E-state index contributed by atoms with van der Waals surface area (Å²) in [6, 6.07) is 4.46. The van der Waals surface area contributed by atoms with Crippen molar-refractivity contribution in [1.29, 1.82) is 0 Å². The Bertz CT molecular complexity index is 844. The van der Waals surface area contributed by atoms with Gasteiger partial charge < -0.3 is 9.80 Å². The van der Waals surface area contributed by atoms with E-state index in [1.54, 1.807) is 6.33 Å². The minimum absolute atomic E-state index is 0.0519. The highest BCUT2D eigenvalue weighted by atomic mass is 15.3. The van der Waals surface area contributed by atoms with Crippen LogP contribution in [0.2, 0.25) is 0 Å². The van der Waals surface area contributed by atoms with Crippen molar-refractivity contribution in [1.82, 2.24) is 20.2 Å². The van der Waals surface area contributed by atoms with Crippen LogP contribution in [-0.2, 0) is 18.3 Å². The van der Waals surface area contributed by atoms with Gasteiger partial charge in [0.15, 0.2) is 5.82 Å². The zero-order valence-electron chi connectivity index (χ0n) is 16.5. The van der Waals surface area contributed by atoms with Crippen LogP contribution in [0.15, 0.2) is 18.5 Å². The van der Waals surface area contributed by atoms with Gasteiger partial charge in [-0.05, 0) is 30.9 Å². The number of fused-ring (bicyclic) bond motifs is 2. The van der Waals surface area contributed by atoms with Gasteiger partial charge in [-0.3, -0.25) is 0 Å². The summed E-state index contributed by atoms with van der Waals surface area (Å²) in [7, 11) is 0. The first kappa shape index (κ1) is 16.9. The summed E-state index contributed by atoms with van der Waals surface area (Å²) in [4.78, 5) is 13.9. The fraction of sp³-hybridized carbons (Fsp3) is 0.619. The summed E-state index contributed by atoms with van der Waals surface area (Å²) in [5.74, 6) is 3.50. The second-order valence-electron chi connectivity index (χ2n) is 9.37. The van der Waals surface area contributed by atoms with E-state index in [2.05, 4.69) is 62.9 Å². The molecule has 0 amide bonds. The van der Waals surface area contributed by atoms with Crippen molar-refractivity contribution >= 4 is 11.6 Å². The standard InChI is InChI=1S/C21H28N6/c1-21(2,3)18-8-19(23-13-22-18)26-9-15-11-27(12-16(15)10-26)20-7-14-5-4-6-17(14)24-25-20/h7-8,13,15-16H,4-6,9-12H2,1-3H3. The smallest absolute Gasteiger partial charge is 0.151 e. The lowest BCUT2D eigenvalue weighted by molar-refractivity contribution is 0.533. The molecule has 27 heavy (non-hydrogen) atoms. The molecule has 2 saturated heterocycles. The lowest BCUT2D eigenvalue weighted by Crippen LogP contribution is -2.30. The lowest BCUT2D eigenvalue weighted by atomic mass is 9.92. The van der Waals surface area contributed by atoms with Gasteiger partial charge in [0, 0.05) is 49.5 Å². The lowest BCUT2D eigenvalue weighted by Gasteiger charge is -2.24. The van der Waals surface area contributed by atoms with Gasteiger partial charge in [0.2, 0.25) is 0 Å². The van der Waals surface area contributed by atoms with Gasteiger partial charge in [0.05, 0.1) is 11.4 Å². The average molecular weight is 364 g/mol. The van der Waals surface area contributed by atoms with Crippen LogP contribution in [0.1, 0.15) is 44.1 Å². The Labute approximate surface area is 161 Å². The van der Waals surface area contributed by atoms with Gasteiger partial charge in [-0.2, -0.15) is 5.10 Å². The Balaban J connectivity index is 1.29. The molecule has 0 aromatic carbocycles. The Morgan fingerprint density at radius 2 is 1.56 bits per heavy atom. The second kappa shape index (κ2) is 6.14. The molecular weight excluding hydrogens is 336 g/mol. The molecule has 2 aliphatic heterocycles. The number of nitrogens with zero attached hydrogens (tertiary/aromatic N) is 6. The van der Waals surface area contributed by atoms with E-state index in [0.29, 0.717) is 11.8 Å². The van der Waals surface area contributed by atoms with E-state index in [1.807, 2.05) is 0 Å². The molecule has 0 saturated carbocycles. The number of hydrogen-bond acceptors (Lipinski definition) is 6. The maximum absolute atomic E-state index is 4.56. The van der Waals surface area contributed by atoms with Crippen LogP contribution >= 0.6 is 0 Å². The molecule has 142 valence electrons. The SMILES string of the molecule is CC(C)(C)c1cc(N2CC3CN(c4cc5c(nn4)CCC5)CC3C2)ncn1. The molecule has 0 spiro atoms. The number of hydrogen-bond donors (Lipinski definition) is 0. The van der Waals surface area contributed by atoms with Gasteiger partial charge in [-0.25, -0.2) is 9.97 Å². The van der Waals surface area contributed by atoms with Gasteiger partial charge in [-0.15, -0.1) is 5.10 Å².